The number of aromatic nitrogens is 1. The van der Waals surface area contributed by atoms with Crippen molar-refractivity contribution < 1.29 is 18.8 Å². The van der Waals surface area contributed by atoms with Crippen LogP contribution in [-0.2, 0) is 22.4 Å². The van der Waals surface area contributed by atoms with Crippen LogP contribution in [-0.4, -0.2) is 23.6 Å². The topological polar surface area (TPSA) is 81.4 Å². The number of carbonyl (C=O) groups excluding carboxylic acids is 2. The van der Waals surface area contributed by atoms with Crippen molar-refractivity contribution >= 4 is 28.2 Å². The molecule has 0 unspecified atom stereocenters. The van der Waals surface area contributed by atoms with Crippen molar-refractivity contribution in [2.24, 2.45) is 0 Å². The summed E-state index contributed by atoms with van der Waals surface area (Å²) < 4.78 is 9.95. The van der Waals surface area contributed by atoms with Crippen molar-refractivity contribution in [1.29, 1.82) is 0 Å². The Labute approximate surface area is 132 Å². The molecule has 2 heterocycles. The number of hydrogen-bond donors (Lipinski definition) is 1. The van der Waals surface area contributed by atoms with Gasteiger partial charge in [-0.3, -0.25) is 4.79 Å². The van der Waals surface area contributed by atoms with E-state index >= 15 is 0 Å². The van der Waals surface area contributed by atoms with Crippen LogP contribution in [0.1, 0.15) is 40.5 Å². The van der Waals surface area contributed by atoms with Crippen molar-refractivity contribution in [2.45, 2.75) is 33.6 Å². The van der Waals surface area contributed by atoms with Gasteiger partial charge in [-0.15, -0.1) is 11.3 Å². The Kier molecular flexibility index (Phi) is 5.32. The highest BCUT2D eigenvalue weighted by Crippen LogP contribution is 2.29. The maximum Gasteiger partial charge on any atom is 0.341 e. The molecular formula is C15H18N2O4S. The number of amides is 1. The van der Waals surface area contributed by atoms with E-state index in [1.807, 2.05) is 6.92 Å². The number of nitrogens with one attached hydrogen (secondary N) is 1. The van der Waals surface area contributed by atoms with Gasteiger partial charge in [-0.1, -0.05) is 12.1 Å². The lowest BCUT2D eigenvalue weighted by Gasteiger charge is -2.05. The molecule has 0 aromatic carbocycles. The fourth-order valence-corrected chi connectivity index (χ4v) is 2.91. The molecule has 0 bridgehead atoms. The lowest BCUT2D eigenvalue weighted by atomic mass is 10.2. The lowest BCUT2D eigenvalue weighted by molar-refractivity contribution is -0.115. The number of esters is 1. The summed E-state index contributed by atoms with van der Waals surface area (Å²) in [6.45, 7) is 5.79. The fourth-order valence-electron chi connectivity index (χ4n) is 1.91. The predicted molar refractivity (Wildman–Crippen MR) is 83.2 cm³/mol. The summed E-state index contributed by atoms with van der Waals surface area (Å²) in [7, 11) is 0. The van der Waals surface area contributed by atoms with Crippen molar-refractivity contribution in [2.75, 3.05) is 11.9 Å². The van der Waals surface area contributed by atoms with E-state index in [0.717, 1.165) is 11.3 Å². The third kappa shape index (κ3) is 3.94. The first-order valence-corrected chi connectivity index (χ1v) is 7.87. The third-order valence-electron chi connectivity index (χ3n) is 2.90. The molecule has 1 amide bonds. The van der Waals surface area contributed by atoms with E-state index in [1.54, 1.807) is 26.0 Å². The van der Waals surface area contributed by atoms with E-state index < -0.39 is 5.97 Å². The molecule has 118 valence electrons. The van der Waals surface area contributed by atoms with Crippen LogP contribution in [0.4, 0.5) is 5.00 Å². The molecule has 2 aromatic heterocycles. The second-order valence-electron chi connectivity index (χ2n) is 4.68. The maximum absolute atomic E-state index is 12.1. The number of rotatable bonds is 6. The van der Waals surface area contributed by atoms with Crippen molar-refractivity contribution in [3.63, 3.8) is 0 Å². The summed E-state index contributed by atoms with van der Waals surface area (Å²) in [6.07, 6.45) is 0.883. The monoisotopic (exact) mass is 322 g/mol. The molecule has 0 saturated heterocycles. The van der Waals surface area contributed by atoms with E-state index in [0.29, 0.717) is 28.6 Å². The first kappa shape index (κ1) is 16.2. The SMILES string of the molecule is CCOC(=O)c1cc(CC)sc1NC(=O)Cc1cc(C)on1. The molecule has 0 aliphatic carbocycles. The molecule has 0 spiro atoms. The van der Waals surface area contributed by atoms with Crippen LogP contribution in [0.5, 0.6) is 0 Å². The molecule has 0 saturated carbocycles. The first-order valence-electron chi connectivity index (χ1n) is 7.05. The van der Waals surface area contributed by atoms with E-state index in [9.17, 15) is 9.59 Å². The van der Waals surface area contributed by atoms with Gasteiger partial charge in [-0.2, -0.15) is 0 Å². The highest BCUT2D eigenvalue weighted by molar-refractivity contribution is 7.16. The number of hydrogen-bond acceptors (Lipinski definition) is 6. The van der Waals surface area contributed by atoms with Gasteiger partial charge in [0.05, 0.1) is 24.3 Å². The Balaban J connectivity index is 2.12. The zero-order valence-corrected chi connectivity index (χ0v) is 13.6. The molecule has 0 aliphatic rings. The summed E-state index contributed by atoms with van der Waals surface area (Å²) in [5.74, 6) is -0.0196. The zero-order valence-electron chi connectivity index (χ0n) is 12.8. The van der Waals surface area contributed by atoms with E-state index in [4.69, 9.17) is 9.26 Å². The number of aryl methyl sites for hydroxylation is 2. The Morgan fingerprint density at radius 2 is 2.14 bits per heavy atom. The van der Waals surface area contributed by atoms with Crippen LogP contribution in [0.2, 0.25) is 0 Å². The van der Waals surface area contributed by atoms with E-state index in [-0.39, 0.29) is 12.3 Å². The normalized spacial score (nSPS) is 10.5. The summed E-state index contributed by atoms with van der Waals surface area (Å²) in [5.41, 5.74) is 0.952. The van der Waals surface area contributed by atoms with Gasteiger partial charge in [0.2, 0.25) is 5.91 Å². The molecule has 0 radical (unpaired) electrons. The molecule has 22 heavy (non-hydrogen) atoms. The average Bonchev–Trinajstić information content (AvgIpc) is 3.05. The lowest BCUT2D eigenvalue weighted by Crippen LogP contribution is -2.16. The van der Waals surface area contributed by atoms with Crippen LogP contribution in [0.25, 0.3) is 0 Å². The van der Waals surface area contributed by atoms with Crippen LogP contribution >= 0.6 is 11.3 Å². The zero-order chi connectivity index (χ0) is 16.1. The summed E-state index contributed by atoms with van der Waals surface area (Å²) >= 11 is 1.38. The highest BCUT2D eigenvalue weighted by Gasteiger charge is 2.19. The van der Waals surface area contributed by atoms with Crippen LogP contribution in [0.3, 0.4) is 0 Å². The minimum Gasteiger partial charge on any atom is -0.462 e. The second-order valence-corrected chi connectivity index (χ2v) is 5.82. The minimum absolute atomic E-state index is 0.0962. The number of carbonyl (C=O) groups is 2. The molecule has 0 fully saturated rings. The predicted octanol–water partition coefficient (Wildman–Crippen LogP) is 2.96. The Morgan fingerprint density at radius 3 is 2.73 bits per heavy atom. The first-order chi connectivity index (χ1) is 10.5. The van der Waals surface area contributed by atoms with Gasteiger partial charge in [0.25, 0.3) is 0 Å². The summed E-state index contributed by atoms with van der Waals surface area (Å²) in [4.78, 5) is 25.0. The molecule has 2 rings (SSSR count). The number of nitrogens with zero attached hydrogens (tertiary/aromatic N) is 1. The van der Waals surface area contributed by atoms with Crippen molar-refractivity contribution in [3.8, 4) is 0 Å². The minimum atomic E-state index is -0.425. The van der Waals surface area contributed by atoms with Gasteiger partial charge < -0.3 is 14.6 Å². The van der Waals surface area contributed by atoms with Crippen LogP contribution in [0, 0.1) is 6.92 Å². The largest absolute Gasteiger partial charge is 0.462 e. The number of ether oxygens (including phenoxy) is 1. The Hall–Kier alpha value is -2.15. The Morgan fingerprint density at radius 1 is 1.36 bits per heavy atom. The average molecular weight is 322 g/mol. The third-order valence-corrected chi connectivity index (χ3v) is 4.09. The molecular weight excluding hydrogens is 304 g/mol. The highest BCUT2D eigenvalue weighted by atomic mass is 32.1. The number of anilines is 1. The van der Waals surface area contributed by atoms with E-state index in [1.165, 1.54) is 11.3 Å². The van der Waals surface area contributed by atoms with Crippen molar-refractivity contribution in [1.82, 2.24) is 5.16 Å². The van der Waals surface area contributed by atoms with Crippen molar-refractivity contribution in [3.05, 3.63) is 34.0 Å². The fraction of sp³-hybridized carbons (Fsp3) is 0.400. The van der Waals surface area contributed by atoms with E-state index in [2.05, 4.69) is 10.5 Å². The summed E-state index contributed by atoms with van der Waals surface area (Å²) in [5, 5.41) is 7.06. The van der Waals surface area contributed by atoms with Gasteiger partial charge in [-0.05, 0) is 26.3 Å². The van der Waals surface area contributed by atoms with Crippen LogP contribution < -0.4 is 5.32 Å². The molecule has 2 aromatic rings. The van der Waals surface area contributed by atoms with Crippen LogP contribution in [0.15, 0.2) is 16.7 Å². The molecule has 0 atom stereocenters. The van der Waals surface area contributed by atoms with Gasteiger partial charge in [0, 0.05) is 10.9 Å². The second kappa shape index (κ2) is 7.22. The number of thiophene rings is 1. The van der Waals surface area contributed by atoms with Gasteiger partial charge >= 0.3 is 5.97 Å². The van der Waals surface area contributed by atoms with Gasteiger partial charge in [0.1, 0.15) is 10.8 Å². The molecule has 7 heteroatoms. The molecule has 1 N–H and O–H groups in total. The standard InChI is InChI=1S/C15H18N2O4S/c1-4-11-8-12(15(19)20-5-2)14(22-11)16-13(18)7-10-6-9(3)21-17-10/h6,8H,4-5,7H2,1-3H3,(H,16,18). The molecule has 0 aliphatic heterocycles. The maximum atomic E-state index is 12.1. The summed E-state index contributed by atoms with van der Waals surface area (Å²) in [6, 6.07) is 3.47. The van der Waals surface area contributed by atoms with Gasteiger partial charge in [-0.25, -0.2) is 4.79 Å². The molecule has 6 nitrogen and oxygen atoms in total. The quantitative estimate of drug-likeness (QED) is 0.827. The van der Waals surface area contributed by atoms with Gasteiger partial charge in [0.15, 0.2) is 0 Å². The smallest absolute Gasteiger partial charge is 0.341 e. The Bertz CT molecular complexity index is 675.